The van der Waals surface area contributed by atoms with E-state index in [0.29, 0.717) is 16.7 Å². The highest BCUT2D eigenvalue weighted by Crippen LogP contribution is 2.27. The average molecular weight is 365 g/mol. The molecule has 0 atom stereocenters. The second kappa shape index (κ2) is 6.71. The predicted molar refractivity (Wildman–Crippen MR) is 94.8 cm³/mol. The number of benzene rings is 3. The van der Waals surface area contributed by atoms with Crippen LogP contribution in [0.15, 0.2) is 77.3 Å². The Labute approximate surface area is 142 Å². The highest BCUT2D eigenvalue weighted by Gasteiger charge is 2.15. The van der Waals surface area contributed by atoms with Gasteiger partial charge in [0.2, 0.25) is 0 Å². The molecule has 0 N–H and O–H groups in total. The first-order valence-corrected chi connectivity index (χ1v) is 7.93. The first-order chi connectivity index (χ1) is 11.2. The van der Waals surface area contributed by atoms with Gasteiger partial charge in [-0.15, -0.1) is 0 Å². The third-order valence-corrected chi connectivity index (χ3v) is 4.14. The molecule has 0 amide bonds. The number of hydrogen-bond acceptors (Lipinski definition) is 2. The van der Waals surface area contributed by atoms with Crippen molar-refractivity contribution in [2.75, 3.05) is 0 Å². The lowest BCUT2D eigenvalue weighted by molar-refractivity contribution is 0.103. The third-order valence-electron chi connectivity index (χ3n) is 3.62. The van der Waals surface area contributed by atoms with E-state index in [0.717, 1.165) is 21.9 Å². The number of rotatable bonds is 4. The number of carbonyl (C=O) groups is 2. The molecule has 0 saturated carbocycles. The van der Waals surface area contributed by atoms with Crippen molar-refractivity contribution >= 4 is 28.0 Å². The highest BCUT2D eigenvalue weighted by molar-refractivity contribution is 9.10. The molecule has 0 aromatic heterocycles. The van der Waals surface area contributed by atoms with Crippen LogP contribution in [0.5, 0.6) is 0 Å². The van der Waals surface area contributed by atoms with Crippen LogP contribution in [0.2, 0.25) is 0 Å². The summed E-state index contributed by atoms with van der Waals surface area (Å²) in [5, 5.41) is 0. The summed E-state index contributed by atoms with van der Waals surface area (Å²) in [6.45, 7) is 0. The fourth-order valence-corrected chi connectivity index (χ4v) is 2.71. The summed E-state index contributed by atoms with van der Waals surface area (Å²) in [4.78, 5) is 24.0. The van der Waals surface area contributed by atoms with Gasteiger partial charge in [-0.2, -0.15) is 0 Å². The van der Waals surface area contributed by atoms with Gasteiger partial charge in [0, 0.05) is 21.2 Å². The molecule has 0 bridgehead atoms. The highest BCUT2D eigenvalue weighted by atomic mass is 79.9. The van der Waals surface area contributed by atoms with Crippen molar-refractivity contribution in [3.8, 4) is 11.1 Å². The van der Waals surface area contributed by atoms with Crippen molar-refractivity contribution in [3.63, 3.8) is 0 Å². The van der Waals surface area contributed by atoms with E-state index >= 15 is 0 Å². The first kappa shape index (κ1) is 15.4. The zero-order chi connectivity index (χ0) is 16.2. The van der Waals surface area contributed by atoms with E-state index in [4.69, 9.17) is 0 Å². The molecular weight excluding hydrogens is 352 g/mol. The Hall–Kier alpha value is -2.52. The molecule has 3 rings (SSSR count). The molecule has 0 fully saturated rings. The molecule has 3 aromatic rings. The molecular formula is C20H13BrO2. The van der Waals surface area contributed by atoms with Crippen LogP contribution in [0.25, 0.3) is 11.1 Å². The van der Waals surface area contributed by atoms with E-state index in [2.05, 4.69) is 15.9 Å². The maximum atomic E-state index is 12.9. The number of ketones is 1. The summed E-state index contributed by atoms with van der Waals surface area (Å²) in [5.74, 6) is -0.0972. The predicted octanol–water partition coefficient (Wildman–Crippen LogP) is 5.16. The standard InChI is InChI=1S/C20H13BrO2/c21-17-9-7-16(8-10-17)20(23)19-12-14(13-22)6-11-18(19)15-4-2-1-3-5-15/h1-13H. The van der Waals surface area contributed by atoms with E-state index in [1.165, 1.54) is 0 Å². The van der Waals surface area contributed by atoms with E-state index in [1.54, 1.807) is 24.3 Å². The largest absolute Gasteiger partial charge is 0.298 e. The van der Waals surface area contributed by atoms with Gasteiger partial charge in [-0.05, 0) is 41.5 Å². The Kier molecular flexibility index (Phi) is 4.49. The van der Waals surface area contributed by atoms with Gasteiger partial charge in [0.25, 0.3) is 0 Å². The van der Waals surface area contributed by atoms with Gasteiger partial charge in [0.15, 0.2) is 5.78 Å². The summed E-state index contributed by atoms with van der Waals surface area (Å²) in [7, 11) is 0. The molecule has 0 spiro atoms. The van der Waals surface area contributed by atoms with Crippen molar-refractivity contribution < 1.29 is 9.59 Å². The van der Waals surface area contributed by atoms with Gasteiger partial charge in [-0.1, -0.05) is 58.4 Å². The monoisotopic (exact) mass is 364 g/mol. The molecule has 0 aliphatic rings. The quantitative estimate of drug-likeness (QED) is 0.473. The second-order valence-electron chi connectivity index (χ2n) is 5.12. The first-order valence-electron chi connectivity index (χ1n) is 7.14. The molecule has 112 valence electrons. The second-order valence-corrected chi connectivity index (χ2v) is 6.04. The summed E-state index contributed by atoms with van der Waals surface area (Å²) in [6.07, 6.45) is 0.757. The summed E-state index contributed by atoms with van der Waals surface area (Å²) in [6, 6.07) is 22.1. The van der Waals surface area contributed by atoms with Crippen LogP contribution < -0.4 is 0 Å². The van der Waals surface area contributed by atoms with Crippen LogP contribution in [0.4, 0.5) is 0 Å². The van der Waals surface area contributed by atoms with E-state index < -0.39 is 0 Å². The average Bonchev–Trinajstić information content (AvgIpc) is 2.62. The molecule has 2 nitrogen and oxygen atoms in total. The van der Waals surface area contributed by atoms with Gasteiger partial charge < -0.3 is 0 Å². The zero-order valence-electron chi connectivity index (χ0n) is 12.2. The maximum absolute atomic E-state index is 12.9. The van der Waals surface area contributed by atoms with Gasteiger partial charge in [-0.3, -0.25) is 9.59 Å². The zero-order valence-corrected chi connectivity index (χ0v) is 13.8. The smallest absolute Gasteiger partial charge is 0.193 e. The van der Waals surface area contributed by atoms with Crippen LogP contribution >= 0.6 is 15.9 Å². The number of aldehydes is 1. The Bertz CT molecular complexity index is 853. The molecule has 0 heterocycles. The minimum Gasteiger partial charge on any atom is -0.298 e. The van der Waals surface area contributed by atoms with Crippen LogP contribution in [0.1, 0.15) is 26.3 Å². The number of halogens is 1. The summed E-state index contributed by atoms with van der Waals surface area (Å²) < 4.78 is 0.916. The molecule has 3 aromatic carbocycles. The van der Waals surface area contributed by atoms with Gasteiger partial charge >= 0.3 is 0 Å². The molecule has 0 aliphatic heterocycles. The van der Waals surface area contributed by atoms with Crippen molar-refractivity contribution in [1.82, 2.24) is 0 Å². The van der Waals surface area contributed by atoms with Crippen LogP contribution in [-0.2, 0) is 0 Å². The van der Waals surface area contributed by atoms with Crippen LogP contribution in [0, 0.1) is 0 Å². The summed E-state index contributed by atoms with van der Waals surface area (Å²) in [5.41, 5.74) is 3.39. The maximum Gasteiger partial charge on any atom is 0.193 e. The molecule has 0 unspecified atom stereocenters. The lowest BCUT2D eigenvalue weighted by Gasteiger charge is -2.10. The minimum absolute atomic E-state index is 0.0972. The number of hydrogen-bond donors (Lipinski definition) is 0. The molecule has 23 heavy (non-hydrogen) atoms. The Balaban J connectivity index is 2.14. The van der Waals surface area contributed by atoms with Crippen molar-refractivity contribution in [1.29, 1.82) is 0 Å². The Morgan fingerprint density at radius 1 is 0.870 bits per heavy atom. The van der Waals surface area contributed by atoms with Gasteiger partial charge in [-0.25, -0.2) is 0 Å². The molecule has 0 saturated heterocycles. The molecule has 3 heteroatoms. The molecule has 0 radical (unpaired) electrons. The van der Waals surface area contributed by atoms with Gasteiger partial charge in [0.1, 0.15) is 6.29 Å². The number of carbonyl (C=O) groups excluding carboxylic acids is 2. The summed E-state index contributed by atoms with van der Waals surface area (Å²) >= 11 is 3.37. The third kappa shape index (κ3) is 3.30. The normalized spacial score (nSPS) is 10.3. The van der Waals surface area contributed by atoms with Crippen molar-refractivity contribution in [3.05, 3.63) is 94.0 Å². The van der Waals surface area contributed by atoms with Crippen LogP contribution in [-0.4, -0.2) is 12.1 Å². The van der Waals surface area contributed by atoms with Crippen molar-refractivity contribution in [2.45, 2.75) is 0 Å². The van der Waals surface area contributed by atoms with E-state index in [9.17, 15) is 9.59 Å². The topological polar surface area (TPSA) is 34.1 Å². The van der Waals surface area contributed by atoms with E-state index in [1.807, 2.05) is 48.5 Å². The van der Waals surface area contributed by atoms with E-state index in [-0.39, 0.29) is 5.78 Å². The lowest BCUT2D eigenvalue weighted by Crippen LogP contribution is -2.04. The Morgan fingerprint density at radius 3 is 2.22 bits per heavy atom. The fourth-order valence-electron chi connectivity index (χ4n) is 2.45. The van der Waals surface area contributed by atoms with Gasteiger partial charge in [0.05, 0.1) is 0 Å². The fraction of sp³-hybridized carbons (Fsp3) is 0. The minimum atomic E-state index is -0.0972. The Morgan fingerprint density at radius 2 is 1.57 bits per heavy atom. The van der Waals surface area contributed by atoms with Crippen LogP contribution in [0.3, 0.4) is 0 Å². The van der Waals surface area contributed by atoms with Crippen molar-refractivity contribution in [2.24, 2.45) is 0 Å². The SMILES string of the molecule is O=Cc1ccc(-c2ccccc2)c(C(=O)c2ccc(Br)cc2)c1. The lowest BCUT2D eigenvalue weighted by atomic mass is 9.92. The molecule has 0 aliphatic carbocycles.